The quantitative estimate of drug-likeness (QED) is 0.653. The predicted molar refractivity (Wildman–Crippen MR) is 50.4 cm³/mol. The molecule has 0 aromatic carbocycles. The number of hydrogen-bond acceptors (Lipinski definition) is 6. The number of hydrogen-bond donors (Lipinski definition) is 2. The van der Waals surface area contributed by atoms with Crippen LogP contribution in [0.5, 0.6) is 0 Å². The Morgan fingerprint density at radius 2 is 2.33 bits per heavy atom. The molecule has 0 saturated carbocycles. The van der Waals surface area contributed by atoms with E-state index in [1.54, 1.807) is 0 Å². The smallest absolute Gasteiger partial charge is 0.325 e. The molecule has 0 aliphatic carbocycles. The molecular formula is C6H10N4O4S. The largest absolute Gasteiger partial charge is 0.468 e. The van der Waals surface area contributed by atoms with Gasteiger partial charge >= 0.3 is 5.97 Å². The van der Waals surface area contributed by atoms with Crippen molar-refractivity contribution < 1.29 is 17.9 Å². The Morgan fingerprint density at radius 1 is 1.67 bits per heavy atom. The molecule has 1 unspecified atom stereocenters. The number of H-pyrrole nitrogens is 1. The summed E-state index contributed by atoms with van der Waals surface area (Å²) in [7, 11) is -2.74. The van der Waals surface area contributed by atoms with Gasteiger partial charge in [0.15, 0.2) is 5.25 Å². The third kappa shape index (κ3) is 2.65. The monoisotopic (exact) mass is 234 g/mol. The first-order chi connectivity index (χ1) is 6.97. The molecule has 0 fully saturated rings. The highest BCUT2D eigenvalue weighted by Gasteiger charge is 2.29. The Hall–Kier alpha value is -1.64. The molecule has 2 N–H and O–H groups in total. The Kier molecular flexibility index (Phi) is 3.24. The van der Waals surface area contributed by atoms with Crippen LogP contribution in [0.15, 0.2) is 6.33 Å². The number of methoxy groups -OCH3 is 1. The number of carbonyl (C=O) groups is 1. The number of nitrogens with one attached hydrogen (secondary N) is 2. The molecule has 84 valence electrons. The molecule has 0 spiro atoms. The summed E-state index contributed by atoms with van der Waals surface area (Å²) in [5, 5.41) is 4.44. The number of sulfonamides is 1. The van der Waals surface area contributed by atoms with Gasteiger partial charge in [-0.3, -0.25) is 9.52 Å². The molecular weight excluding hydrogens is 224 g/mol. The molecule has 1 atom stereocenters. The van der Waals surface area contributed by atoms with Crippen molar-refractivity contribution in [2.75, 3.05) is 11.8 Å². The van der Waals surface area contributed by atoms with Crippen molar-refractivity contribution in [1.82, 2.24) is 15.2 Å². The van der Waals surface area contributed by atoms with Crippen molar-refractivity contribution in [3.05, 3.63) is 6.33 Å². The predicted octanol–water partition coefficient (Wildman–Crippen LogP) is -0.892. The Morgan fingerprint density at radius 3 is 2.80 bits per heavy atom. The van der Waals surface area contributed by atoms with Crippen molar-refractivity contribution >= 4 is 21.9 Å². The van der Waals surface area contributed by atoms with E-state index in [9.17, 15) is 13.2 Å². The average molecular weight is 234 g/mol. The van der Waals surface area contributed by atoms with Crippen molar-refractivity contribution in [3.63, 3.8) is 0 Å². The summed E-state index contributed by atoms with van der Waals surface area (Å²) in [6.07, 6.45) is 1.14. The van der Waals surface area contributed by atoms with Gasteiger partial charge in [-0.25, -0.2) is 13.5 Å². The molecule has 0 aliphatic heterocycles. The lowest BCUT2D eigenvalue weighted by Crippen LogP contribution is -2.33. The Balaban J connectivity index is 2.80. The number of carbonyl (C=O) groups excluding carboxylic acids is 1. The fraction of sp³-hybridized carbons (Fsp3) is 0.500. The van der Waals surface area contributed by atoms with Gasteiger partial charge in [-0.05, 0) is 6.92 Å². The normalized spacial score (nSPS) is 13.2. The van der Waals surface area contributed by atoms with Gasteiger partial charge in [-0.1, -0.05) is 0 Å². The summed E-state index contributed by atoms with van der Waals surface area (Å²) < 4.78 is 29.4. The van der Waals surface area contributed by atoms with E-state index in [2.05, 4.69) is 24.6 Å². The molecule has 1 aromatic heterocycles. The maximum atomic E-state index is 11.5. The maximum absolute atomic E-state index is 11.5. The summed E-state index contributed by atoms with van der Waals surface area (Å²) >= 11 is 0. The van der Waals surface area contributed by atoms with Crippen LogP contribution in [0.4, 0.5) is 5.95 Å². The molecule has 0 bridgehead atoms. The Bertz CT molecular complexity index is 426. The first-order valence-electron chi connectivity index (χ1n) is 3.92. The lowest BCUT2D eigenvalue weighted by molar-refractivity contribution is -0.139. The lowest BCUT2D eigenvalue weighted by Gasteiger charge is -2.10. The van der Waals surface area contributed by atoms with Crippen LogP contribution >= 0.6 is 0 Å². The van der Waals surface area contributed by atoms with E-state index in [4.69, 9.17) is 0 Å². The zero-order chi connectivity index (χ0) is 11.5. The third-order valence-corrected chi connectivity index (χ3v) is 3.25. The Labute approximate surface area is 86.1 Å². The summed E-state index contributed by atoms with van der Waals surface area (Å²) in [4.78, 5) is 14.6. The maximum Gasteiger partial charge on any atom is 0.325 e. The van der Waals surface area contributed by atoms with Crippen molar-refractivity contribution in [3.8, 4) is 0 Å². The van der Waals surface area contributed by atoms with E-state index in [1.807, 2.05) is 0 Å². The summed E-state index contributed by atoms with van der Waals surface area (Å²) in [6.45, 7) is 1.21. The molecule has 15 heavy (non-hydrogen) atoms. The average Bonchev–Trinajstić information content (AvgIpc) is 2.67. The number of aromatic amines is 1. The molecule has 8 nitrogen and oxygen atoms in total. The molecule has 0 saturated heterocycles. The zero-order valence-electron chi connectivity index (χ0n) is 8.09. The number of ether oxygens (including phenoxy) is 1. The number of aromatic nitrogens is 3. The number of anilines is 1. The van der Waals surface area contributed by atoms with Crippen LogP contribution in [0.2, 0.25) is 0 Å². The highest BCUT2D eigenvalue weighted by Crippen LogP contribution is 2.06. The number of nitrogens with zero attached hydrogens (tertiary/aromatic N) is 2. The summed E-state index contributed by atoms with van der Waals surface area (Å²) in [6, 6.07) is 0. The van der Waals surface area contributed by atoms with Gasteiger partial charge in [0.2, 0.25) is 16.0 Å². The van der Waals surface area contributed by atoms with E-state index in [-0.39, 0.29) is 5.95 Å². The molecule has 0 amide bonds. The molecule has 0 radical (unpaired) electrons. The fourth-order valence-electron chi connectivity index (χ4n) is 0.770. The van der Waals surface area contributed by atoms with Crippen LogP contribution in [0.3, 0.4) is 0 Å². The highest BCUT2D eigenvalue weighted by molar-refractivity contribution is 7.94. The minimum Gasteiger partial charge on any atom is -0.468 e. The van der Waals surface area contributed by atoms with Crippen LogP contribution in [0.25, 0.3) is 0 Å². The standard InChI is InChI=1S/C6H10N4O4S/c1-4(5(11)14-2)15(12,13)10-6-7-3-8-9-6/h3-4H,1-2H3,(H2,7,8,9,10). The summed E-state index contributed by atoms with van der Waals surface area (Å²) in [5.74, 6) is -0.896. The van der Waals surface area contributed by atoms with Gasteiger partial charge in [-0.2, -0.15) is 10.1 Å². The van der Waals surface area contributed by atoms with E-state index in [0.29, 0.717) is 0 Å². The van der Waals surface area contributed by atoms with Crippen LogP contribution in [0.1, 0.15) is 6.92 Å². The summed E-state index contributed by atoms with van der Waals surface area (Å²) in [5.41, 5.74) is 0. The van der Waals surface area contributed by atoms with E-state index in [0.717, 1.165) is 13.4 Å². The second kappa shape index (κ2) is 4.26. The van der Waals surface area contributed by atoms with Crippen LogP contribution in [-0.2, 0) is 19.6 Å². The lowest BCUT2D eigenvalue weighted by atomic mass is 10.5. The van der Waals surface area contributed by atoms with E-state index < -0.39 is 21.2 Å². The third-order valence-electron chi connectivity index (χ3n) is 1.65. The van der Waals surface area contributed by atoms with Gasteiger partial charge in [0.1, 0.15) is 6.33 Å². The minimum atomic E-state index is -3.85. The number of esters is 1. The molecule has 1 rings (SSSR count). The molecule has 0 aliphatic rings. The second-order valence-corrected chi connectivity index (χ2v) is 4.65. The number of rotatable bonds is 4. The van der Waals surface area contributed by atoms with Crippen LogP contribution in [0, 0.1) is 0 Å². The van der Waals surface area contributed by atoms with Crippen LogP contribution < -0.4 is 4.72 Å². The van der Waals surface area contributed by atoms with Gasteiger partial charge in [-0.15, -0.1) is 0 Å². The first kappa shape index (κ1) is 11.4. The zero-order valence-corrected chi connectivity index (χ0v) is 8.91. The topological polar surface area (TPSA) is 114 Å². The van der Waals surface area contributed by atoms with Gasteiger partial charge in [0.25, 0.3) is 0 Å². The SMILES string of the molecule is COC(=O)C(C)S(=O)(=O)Nc1ncn[nH]1. The molecule has 9 heteroatoms. The van der Waals surface area contributed by atoms with Crippen molar-refractivity contribution in [2.24, 2.45) is 0 Å². The van der Waals surface area contributed by atoms with Gasteiger partial charge in [0, 0.05) is 0 Å². The van der Waals surface area contributed by atoms with Crippen molar-refractivity contribution in [1.29, 1.82) is 0 Å². The van der Waals surface area contributed by atoms with E-state index in [1.165, 1.54) is 6.92 Å². The fourth-order valence-corrected chi connectivity index (χ4v) is 1.66. The van der Waals surface area contributed by atoms with Gasteiger partial charge in [0.05, 0.1) is 7.11 Å². The van der Waals surface area contributed by atoms with Crippen molar-refractivity contribution in [2.45, 2.75) is 12.2 Å². The second-order valence-electron chi connectivity index (χ2n) is 2.65. The first-order valence-corrected chi connectivity index (χ1v) is 5.47. The molecule has 1 aromatic rings. The molecule has 1 heterocycles. The highest BCUT2D eigenvalue weighted by atomic mass is 32.2. The van der Waals surface area contributed by atoms with Crippen LogP contribution in [-0.4, -0.2) is 41.9 Å². The minimum absolute atomic E-state index is 0.0502. The van der Waals surface area contributed by atoms with E-state index >= 15 is 0 Å². The van der Waals surface area contributed by atoms with Gasteiger partial charge < -0.3 is 4.74 Å².